The molecule has 4 heteroatoms. The van der Waals surface area contributed by atoms with Crippen molar-refractivity contribution >= 4 is 16.9 Å². The molecule has 0 aliphatic heterocycles. The number of aromatic nitrogens is 2. The molecular formula is C21H25N3O. The first-order chi connectivity index (χ1) is 11.9. The molecule has 0 aliphatic rings. The van der Waals surface area contributed by atoms with Gasteiger partial charge in [-0.15, -0.1) is 0 Å². The molecule has 3 aromatic rings. The largest absolute Gasteiger partial charge is 0.332 e. The lowest BCUT2D eigenvalue weighted by atomic mass is 10.0. The molecule has 0 saturated heterocycles. The molecule has 1 heterocycles. The molecule has 0 aliphatic carbocycles. The third kappa shape index (κ3) is 3.73. The topological polar surface area (TPSA) is 38.1 Å². The zero-order valence-corrected chi connectivity index (χ0v) is 15.4. The van der Waals surface area contributed by atoms with Crippen LogP contribution in [0.1, 0.15) is 32.2 Å². The summed E-state index contributed by atoms with van der Waals surface area (Å²) in [7, 11) is 0. The van der Waals surface area contributed by atoms with Gasteiger partial charge in [0.2, 0.25) is 5.91 Å². The van der Waals surface area contributed by atoms with E-state index in [2.05, 4.69) is 37.9 Å². The number of carbonyl (C=O) groups excluding carboxylic acids is 1. The lowest BCUT2D eigenvalue weighted by molar-refractivity contribution is -0.137. The van der Waals surface area contributed by atoms with Gasteiger partial charge in [-0.05, 0) is 45.4 Å². The van der Waals surface area contributed by atoms with Gasteiger partial charge in [-0.1, -0.05) is 42.5 Å². The Morgan fingerprint density at radius 1 is 1.04 bits per heavy atom. The highest BCUT2D eigenvalue weighted by Gasteiger charge is 2.27. The Morgan fingerprint density at radius 2 is 1.68 bits per heavy atom. The maximum Gasteiger partial charge on any atom is 0.243 e. The average Bonchev–Trinajstić information content (AvgIpc) is 2.88. The standard InChI is InChI=1S/C21H25N3O/c1-16-22-18-12-8-9-13-19(18)23(16)15-20(25)24(21(2,3)4)14-17-10-6-5-7-11-17/h5-13H,14-15H2,1-4H3. The number of carbonyl (C=O) groups is 1. The second-order valence-electron chi connectivity index (χ2n) is 7.37. The maximum absolute atomic E-state index is 13.1. The molecule has 25 heavy (non-hydrogen) atoms. The van der Waals surface area contributed by atoms with Crippen molar-refractivity contribution in [3.8, 4) is 0 Å². The van der Waals surface area contributed by atoms with Gasteiger partial charge in [0, 0.05) is 12.1 Å². The molecule has 0 fully saturated rings. The smallest absolute Gasteiger partial charge is 0.243 e. The Hall–Kier alpha value is -2.62. The summed E-state index contributed by atoms with van der Waals surface area (Å²) in [4.78, 5) is 19.6. The van der Waals surface area contributed by atoms with E-state index in [9.17, 15) is 4.79 Å². The van der Waals surface area contributed by atoms with Crippen LogP contribution >= 0.6 is 0 Å². The highest BCUT2D eigenvalue weighted by atomic mass is 16.2. The normalized spacial score (nSPS) is 11.7. The number of hydrogen-bond acceptors (Lipinski definition) is 2. The SMILES string of the molecule is Cc1nc2ccccc2n1CC(=O)N(Cc1ccccc1)C(C)(C)C. The molecule has 3 rings (SSSR count). The van der Waals surface area contributed by atoms with E-state index >= 15 is 0 Å². The van der Waals surface area contributed by atoms with Crippen LogP contribution < -0.4 is 0 Å². The van der Waals surface area contributed by atoms with Gasteiger partial charge in [-0.25, -0.2) is 4.98 Å². The van der Waals surface area contributed by atoms with E-state index < -0.39 is 0 Å². The van der Waals surface area contributed by atoms with E-state index in [1.165, 1.54) is 0 Å². The zero-order valence-electron chi connectivity index (χ0n) is 15.4. The Morgan fingerprint density at radius 3 is 2.36 bits per heavy atom. The van der Waals surface area contributed by atoms with E-state index in [1.807, 2.05) is 58.9 Å². The van der Waals surface area contributed by atoms with Gasteiger partial charge in [0.15, 0.2) is 0 Å². The fraction of sp³-hybridized carbons (Fsp3) is 0.333. The van der Waals surface area contributed by atoms with E-state index in [-0.39, 0.29) is 11.4 Å². The summed E-state index contributed by atoms with van der Waals surface area (Å²) in [6, 6.07) is 18.1. The lowest BCUT2D eigenvalue weighted by Crippen LogP contribution is -2.46. The van der Waals surface area contributed by atoms with Crippen molar-refractivity contribution in [1.29, 1.82) is 0 Å². The molecule has 0 saturated carbocycles. The minimum atomic E-state index is -0.253. The van der Waals surface area contributed by atoms with Crippen molar-refractivity contribution in [3.63, 3.8) is 0 Å². The molecule has 0 bridgehead atoms. The van der Waals surface area contributed by atoms with Crippen LogP contribution in [0.2, 0.25) is 0 Å². The number of aryl methyl sites for hydroxylation is 1. The molecule has 2 aromatic carbocycles. The van der Waals surface area contributed by atoms with Crippen molar-refractivity contribution in [2.75, 3.05) is 0 Å². The molecule has 0 unspecified atom stereocenters. The zero-order chi connectivity index (χ0) is 18.0. The summed E-state index contributed by atoms with van der Waals surface area (Å²) in [5.74, 6) is 0.964. The number of benzene rings is 2. The molecule has 4 nitrogen and oxygen atoms in total. The van der Waals surface area contributed by atoms with Crippen molar-refractivity contribution in [2.24, 2.45) is 0 Å². The van der Waals surface area contributed by atoms with Crippen LogP contribution in [-0.2, 0) is 17.9 Å². The fourth-order valence-corrected chi connectivity index (χ4v) is 3.08. The van der Waals surface area contributed by atoms with Crippen LogP contribution in [0.4, 0.5) is 0 Å². The van der Waals surface area contributed by atoms with Gasteiger partial charge in [0.25, 0.3) is 0 Å². The van der Waals surface area contributed by atoms with Crippen molar-refractivity contribution in [2.45, 2.75) is 46.3 Å². The number of amides is 1. The van der Waals surface area contributed by atoms with Gasteiger partial charge < -0.3 is 9.47 Å². The first-order valence-corrected chi connectivity index (χ1v) is 8.62. The third-order valence-corrected chi connectivity index (χ3v) is 4.43. The number of hydrogen-bond donors (Lipinski definition) is 0. The molecule has 130 valence electrons. The minimum Gasteiger partial charge on any atom is -0.332 e. The molecule has 1 aromatic heterocycles. The van der Waals surface area contributed by atoms with Gasteiger partial charge in [0.1, 0.15) is 12.4 Å². The summed E-state index contributed by atoms with van der Waals surface area (Å²) in [6.07, 6.45) is 0. The number of imidazole rings is 1. The first-order valence-electron chi connectivity index (χ1n) is 8.62. The predicted molar refractivity (Wildman–Crippen MR) is 101 cm³/mol. The van der Waals surface area contributed by atoms with Crippen LogP contribution in [0.25, 0.3) is 11.0 Å². The first kappa shape index (κ1) is 17.2. The lowest BCUT2D eigenvalue weighted by Gasteiger charge is -2.36. The summed E-state index contributed by atoms with van der Waals surface area (Å²) in [5, 5.41) is 0. The van der Waals surface area contributed by atoms with Gasteiger partial charge in [-0.3, -0.25) is 4.79 Å². The monoisotopic (exact) mass is 335 g/mol. The summed E-state index contributed by atoms with van der Waals surface area (Å²) in [5.41, 5.74) is 2.81. The number of fused-ring (bicyclic) bond motifs is 1. The Kier molecular flexibility index (Phi) is 4.62. The van der Waals surface area contributed by atoms with E-state index in [4.69, 9.17) is 0 Å². The number of rotatable bonds is 4. The Labute approximate surface area is 149 Å². The van der Waals surface area contributed by atoms with Gasteiger partial charge >= 0.3 is 0 Å². The molecule has 0 radical (unpaired) electrons. The second kappa shape index (κ2) is 6.71. The van der Waals surface area contributed by atoms with Crippen LogP contribution in [0, 0.1) is 6.92 Å². The summed E-state index contributed by atoms with van der Waals surface area (Å²) >= 11 is 0. The van der Waals surface area contributed by atoms with E-state index in [0.717, 1.165) is 22.4 Å². The Balaban J connectivity index is 1.89. The molecular weight excluding hydrogens is 310 g/mol. The van der Waals surface area contributed by atoms with Gasteiger partial charge in [0.05, 0.1) is 11.0 Å². The fourth-order valence-electron chi connectivity index (χ4n) is 3.08. The van der Waals surface area contributed by atoms with Crippen LogP contribution in [-0.4, -0.2) is 25.9 Å². The van der Waals surface area contributed by atoms with E-state index in [0.29, 0.717) is 13.1 Å². The summed E-state index contributed by atoms with van der Waals surface area (Å²) < 4.78 is 2.00. The van der Waals surface area contributed by atoms with Crippen molar-refractivity contribution in [1.82, 2.24) is 14.5 Å². The molecule has 0 atom stereocenters. The van der Waals surface area contributed by atoms with Gasteiger partial charge in [-0.2, -0.15) is 0 Å². The summed E-state index contributed by atoms with van der Waals surface area (Å²) in [6.45, 7) is 9.09. The number of nitrogens with zero attached hydrogens (tertiary/aromatic N) is 3. The third-order valence-electron chi connectivity index (χ3n) is 4.43. The highest BCUT2D eigenvalue weighted by Crippen LogP contribution is 2.20. The maximum atomic E-state index is 13.1. The average molecular weight is 335 g/mol. The quantitative estimate of drug-likeness (QED) is 0.717. The molecule has 1 amide bonds. The molecule has 0 N–H and O–H groups in total. The Bertz CT molecular complexity index is 875. The second-order valence-corrected chi connectivity index (χ2v) is 7.37. The van der Waals surface area contributed by atoms with Crippen molar-refractivity contribution < 1.29 is 4.79 Å². The highest BCUT2D eigenvalue weighted by molar-refractivity contribution is 5.81. The number of para-hydroxylation sites is 2. The van der Waals surface area contributed by atoms with Crippen molar-refractivity contribution in [3.05, 3.63) is 66.0 Å². The van der Waals surface area contributed by atoms with Crippen LogP contribution in [0.3, 0.4) is 0 Å². The molecule has 0 spiro atoms. The van der Waals surface area contributed by atoms with E-state index in [1.54, 1.807) is 0 Å². The predicted octanol–water partition coefficient (Wildman–Crippen LogP) is 4.17. The minimum absolute atomic E-state index is 0.0996. The van der Waals surface area contributed by atoms with Crippen LogP contribution in [0.15, 0.2) is 54.6 Å². The van der Waals surface area contributed by atoms with Crippen LogP contribution in [0.5, 0.6) is 0 Å².